The summed E-state index contributed by atoms with van der Waals surface area (Å²) < 4.78 is 7.96. The van der Waals surface area contributed by atoms with Crippen molar-refractivity contribution in [2.45, 2.75) is 66.3 Å². The van der Waals surface area contributed by atoms with Gasteiger partial charge in [0, 0.05) is 42.1 Å². The molecule has 31 heavy (non-hydrogen) atoms. The highest BCUT2D eigenvalue weighted by Crippen LogP contribution is 2.31. The number of fused-ring (bicyclic) bond motifs is 1. The predicted octanol–water partition coefficient (Wildman–Crippen LogP) is 7.03. The average Bonchev–Trinajstić information content (AvgIpc) is 3.06. The van der Waals surface area contributed by atoms with Crippen LogP contribution in [0, 0.1) is 13.8 Å². The number of aryl methyl sites for hydroxylation is 3. The van der Waals surface area contributed by atoms with Gasteiger partial charge in [-0.15, -0.1) is 0 Å². The number of aromatic nitrogens is 1. The van der Waals surface area contributed by atoms with Crippen LogP contribution in [0.15, 0.2) is 55.1 Å². The van der Waals surface area contributed by atoms with Crippen LogP contribution < -0.4 is 5.73 Å². The van der Waals surface area contributed by atoms with Gasteiger partial charge in [-0.25, -0.2) is 0 Å². The van der Waals surface area contributed by atoms with Crippen molar-refractivity contribution in [2.24, 2.45) is 5.73 Å². The first kappa shape index (κ1) is 24.7. The van der Waals surface area contributed by atoms with Gasteiger partial charge in [-0.05, 0) is 57.1 Å². The number of nitrogens with two attached hydrogens (primary N) is 1. The highest BCUT2D eigenvalue weighted by molar-refractivity contribution is 5.95. The highest BCUT2D eigenvalue weighted by Gasteiger charge is 2.15. The summed E-state index contributed by atoms with van der Waals surface area (Å²) in [6.45, 7) is 15.4. The minimum Gasteiger partial charge on any atom is -0.399 e. The van der Waals surface area contributed by atoms with Crippen LogP contribution in [0.3, 0.4) is 0 Å². The van der Waals surface area contributed by atoms with Crippen molar-refractivity contribution in [1.82, 2.24) is 4.57 Å². The van der Waals surface area contributed by atoms with Crippen molar-refractivity contribution >= 4 is 16.6 Å². The van der Waals surface area contributed by atoms with E-state index in [1.54, 1.807) is 0 Å². The first-order valence-electron chi connectivity index (χ1n) is 11.7. The van der Waals surface area contributed by atoms with Crippen LogP contribution in [-0.2, 0) is 17.7 Å². The Hall–Kier alpha value is -2.52. The lowest BCUT2D eigenvalue weighted by Crippen LogP contribution is -2.04. The highest BCUT2D eigenvalue weighted by atomic mass is 16.5. The molecule has 0 spiro atoms. The molecule has 3 nitrogen and oxygen atoms in total. The van der Waals surface area contributed by atoms with E-state index >= 15 is 0 Å². The molecule has 2 aromatic carbocycles. The molecule has 1 aromatic heterocycles. The number of ether oxygens (including phenoxy) is 1. The Morgan fingerprint density at radius 2 is 1.68 bits per heavy atom. The molecule has 0 aliphatic heterocycles. The molecule has 0 saturated heterocycles. The zero-order valence-corrected chi connectivity index (χ0v) is 19.9. The number of hydrogen-bond donors (Lipinski definition) is 1. The summed E-state index contributed by atoms with van der Waals surface area (Å²) in [6, 6.07) is 16.9. The Morgan fingerprint density at radius 3 is 2.29 bits per heavy atom. The van der Waals surface area contributed by atoms with Gasteiger partial charge >= 0.3 is 0 Å². The standard InChI is InChI=1S/C20H30N2O.C8H10/c1-5-13-23-14-8-6-7-12-22-17(4)19(16(3)21)18-11-9-10-15(2)20(18)22;1-2-8-6-4-3-5-7-8/h9-11H,3,5-8,12-14,21H2,1-2,4H3;3-7H,2H2,1H3. The fraction of sp³-hybridized carbons (Fsp3) is 0.429. The van der Waals surface area contributed by atoms with Gasteiger partial charge in [0.05, 0.1) is 5.52 Å². The topological polar surface area (TPSA) is 40.2 Å². The Morgan fingerprint density at radius 1 is 0.935 bits per heavy atom. The SMILES string of the molecule is C=C(N)c1c(C)n(CCCCCOCCC)c2c(C)cccc12.CCc1ccccc1. The zero-order chi connectivity index (χ0) is 22.6. The number of benzene rings is 2. The zero-order valence-electron chi connectivity index (χ0n) is 19.9. The number of hydrogen-bond acceptors (Lipinski definition) is 2. The van der Waals surface area contributed by atoms with Crippen molar-refractivity contribution in [3.8, 4) is 0 Å². The minimum absolute atomic E-state index is 0.657. The molecule has 0 radical (unpaired) electrons. The monoisotopic (exact) mass is 420 g/mol. The lowest BCUT2D eigenvalue weighted by molar-refractivity contribution is 0.130. The summed E-state index contributed by atoms with van der Waals surface area (Å²) in [5.74, 6) is 0. The van der Waals surface area contributed by atoms with Crippen molar-refractivity contribution in [2.75, 3.05) is 13.2 Å². The molecule has 3 rings (SSSR count). The maximum Gasteiger partial charge on any atom is 0.0519 e. The molecule has 0 fully saturated rings. The summed E-state index contributed by atoms with van der Waals surface area (Å²) in [4.78, 5) is 0. The van der Waals surface area contributed by atoms with E-state index in [4.69, 9.17) is 10.5 Å². The summed E-state index contributed by atoms with van der Waals surface area (Å²) in [7, 11) is 0. The van der Waals surface area contributed by atoms with Crippen LogP contribution in [0.25, 0.3) is 16.6 Å². The molecule has 0 unspecified atom stereocenters. The maximum atomic E-state index is 6.04. The molecule has 3 heteroatoms. The second-order valence-electron chi connectivity index (χ2n) is 8.12. The average molecular weight is 421 g/mol. The summed E-state index contributed by atoms with van der Waals surface area (Å²) in [5, 5.41) is 1.22. The third kappa shape index (κ3) is 7.00. The van der Waals surface area contributed by atoms with Crippen molar-refractivity contribution in [3.63, 3.8) is 0 Å². The second-order valence-corrected chi connectivity index (χ2v) is 8.12. The van der Waals surface area contributed by atoms with Gasteiger partial charge in [-0.2, -0.15) is 0 Å². The van der Waals surface area contributed by atoms with Crippen LogP contribution in [0.1, 0.15) is 61.9 Å². The Balaban J connectivity index is 0.000000357. The lowest BCUT2D eigenvalue weighted by Gasteiger charge is -2.10. The number of nitrogens with zero attached hydrogens (tertiary/aromatic N) is 1. The van der Waals surface area contributed by atoms with Crippen LogP contribution in [0.2, 0.25) is 0 Å². The van der Waals surface area contributed by atoms with E-state index in [9.17, 15) is 0 Å². The molecule has 0 amide bonds. The minimum atomic E-state index is 0.657. The van der Waals surface area contributed by atoms with Crippen LogP contribution in [-0.4, -0.2) is 17.8 Å². The molecule has 0 saturated carbocycles. The summed E-state index contributed by atoms with van der Waals surface area (Å²) >= 11 is 0. The van der Waals surface area contributed by atoms with E-state index in [2.05, 4.69) is 81.3 Å². The Bertz CT molecular complexity index is 941. The number of unbranched alkanes of at least 4 members (excludes halogenated alkanes) is 2. The maximum absolute atomic E-state index is 6.04. The molecular formula is C28H40N2O. The van der Waals surface area contributed by atoms with E-state index in [-0.39, 0.29) is 0 Å². The molecule has 0 aliphatic rings. The fourth-order valence-corrected chi connectivity index (χ4v) is 4.01. The van der Waals surface area contributed by atoms with E-state index in [0.29, 0.717) is 5.70 Å². The van der Waals surface area contributed by atoms with Gasteiger partial charge in [0.1, 0.15) is 0 Å². The fourth-order valence-electron chi connectivity index (χ4n) is 4.01. The first-order valence-corrected chi connectivity index (χ1v) is 11.7. The van der Waals surface area contributed by atoms with E-state index < -0.39 is 0 Å². The van der Waals surface area contributed by atoms with E-state index in [1.165, 1.54) is 34.1 Å². The molecule has 168 valence electrons. The van der Waals surface area contributed by atoms with Crippen LogP contribution >= 0.6 is 0 Å². The van der Waals surface area contributed by atoms with Gasteiger partial charge < -0.3 is 15.0 Å². The third-order valence-electron chi connectivity index (χ3n) is 5.63. The summed E-state index contributed by atoms with van der Waals surface area (Å²) in [5.41, 5.74) is 13.0. The molecule has 0 bridgehead atoms. The molecule has 0 aliphatic carbocycles. The molecule has 2 N–H and O–H groups in total. The normalized spacial score (nSPS) is 10.7. The van der Waals surface area contributed by atoms with E-state index in [1.807, 2.05) is 6.07 Å². The van der Waals surface area contributed by atoms with Crippen molar-refractivity contribution in [3.05, 3.63) is 77.5 Å². The number of rotatable bonds is 10. The largest absolute Gasteiger partial charge is 0.399 e. The Kier molecular flexibility index (Phi) is 10.4. The molecule has 1 heterocycles. The van der Waals surface area contributed by atoms with Crippen molar-refractivity contribution in [1.29, 1.82) is 0 Å². The van der Waals surface area contributed by atoms with Gasteiger partial charge in [-0.3, -0.25) is 0 Å². The van der Waals surface area contributed by atoms with E-state index in [0.717, 1.165) is 51.0 Å². The summed E-state index contributed by atoms with van der Waals surface area (Å²) in [6.07, 6.45) is 5.71. The van der Waals surface area contributed by atoms with Crippen molar-refractivity contribution < 1.29 is 4.74 Å². The van der Waals surface area contributed by atoms with Gasteiger partial charge in [0.2, 0.25) is 0 Å². The van der Waals surface area contributed by atoms with Gasteiger partial charge in [-0.1, -0.05) is 69.0 Å². The quantitative estimate of drug-likeness (QED) is 0.358. The predicted molar refractivity (Wildman–Crippen MR) is 135 cm³/mol. The van der Waals surface area contributed by atoms with Crippen LogP contribution in [0.5, 0.6) is 0 Å². The molecule has 0 atom stereocenters. The smallest absolute Gasteiger partial charge is 0.0519 e. The van der Waals surface area contributed by atoms with Crippen LogP contribution in [0.4, 0.5) is 0 Å². The second kappa shape index (κ2) is 13.0. The molecule has 3 aromatic rings. The third-order valence-corrected chi connectivity index (χ3v) is 5.63. The number of para-hydroxylation sites is 1. The molecular weight excluding hydrogens is 380 g/mol. The van der Waals surface area contributed by atoms with Gasteiger partial charge in [0.15, 0.2) is 0 Å². The first-order chi connectivity index (χ1) is 15.0. The van der Waals surface area contributed by atoms with Gasteiger partial charge in [0.25, 0.3) is 0 Å². The lowest BCUT2D eigenvalue weighted by atomic mass is 10.1. The Labute approximate surface area is 188 Å².